The van der Waals surface area contributed by atoms with Gasteiger partial charge in [-0.3, -0.25) is 9.36 Å². The largest absolute Gasteiger partial charge is 0.493 e. The number of carbonyl (C=O) groups is 1. The summed E-state index contributed by atoms with van der Waals surface area (Å²) >= 11 is 0. The number of benzene rings is 3. The van der Waals surface area contributed by atoms with Crippen LogP contribution in [-0.4, -0.2) is 36.7 Å². The van der Waals surface area contributed by atoms with Gasteiger partial charge in [-0.1, -0.05) is 42.0 Å². The number of methoxy groups -OCH3 is 3. The number of rotatable bonds is 5. The zero-order valence-corrected chi connectivity index (χ0v) is 21.4. The highest BCUT2D eigenvalue weighted by molar-refractivity contribution is 6.01. The summed E-state index contributed by atoms with van der Waals surface area (Å²) in [5, 5.41) is 3.53. The van der Waals surface area contributed by atoms with E-state index < -0.39 is 0 Å². The fourth-order valence-electron chi connectivity index (χ4n) is 5.67. The maximum atomic E-state index is 13.9. The van der Waals surface area contributed by atoms with Gasteiger partial charge in [0.1, 0.15) is 0 Å². The molecule has 0 radical (unpaired) electrons. The molecule has 0 saturated heterocycles. The number of nitrogens with zero attached hydrogens (tertiary/aromatic N) is 2. The minimum Gasteiger partial charge on any atom is -0.493 e. The zero-order valence-electron chi connectivity index (χ0n) is 21.4. The summed E-state index contributed by atoms with van der Waals surface area (Å²) in [7, 11) is 4.79. The van der Waals surface area contributed by atoms with Crippen LogP contribution in [0, 0.1) is 6.92 Å². The second-order valence-corrected chi connectivity index (χ2v) is 9.61. The summed E-state index contributed by atoms with van der Waals surface area (Å²) in [6, 6.07) is 19.9. The summed E-state index contributed by atoms with van der Waals surface area (Å²) in [6.07, 6.45) is 1.18. The summed E-state index contributed by atoms with van der Waals surface area (Å²) < 4.78 is 19.0. The van der Waals surface area contributed by atoms with Crippen molar-refractivity contribution < 1.29 is 19.0 Å². The third-order valence-corrected chi connectivity index (χ3v) is 7.45. The molecule has 188 valence electrons. The maximum Gasteiger partial charge on any atom is 0.209 e. The van der Waals surface area contributed by atoms with E-state index in [-0.39, 0.29) is 17.7 Å². The molecule has 7 heteroatoms. The molecule has 6 rings (SSSR count). The van der Waals surface area contributed by atoms with Gasteiger partial charge in [-0.2, -0.15) is 0 Å². The second-order valence-electron chi connectivity index (χ2n) is 9.61. The molecular weight excluding hydrogens is 466 g/mol. The number of imidazole rings is 1. The highest BCUT2D eigenvalue weighted by atomic mass is 16.5. The lowest BCUT2D eigenvalue weighted by atomic mass is 9.77. The van der Waals surface area contributed by atoms with Gasteiger partial charge in [0.15, 0.2) is 17.3 Å². The van der Waals surface area contributed by atoms with Gasteiger partial charge < -0.3 is 19.5 Å². The molecule has 1 aliphatic carbocycles. The number of nitrogens with one attached hydrogen (secondary N) is 1. The van der Waals surface area contributed by atoms with Crippen LogP contribution in [0.5, 0.6) is 17.2 Å². The molecule has 37 heavy (non-hydrogen) atoms. The lowest BCUT2D eigenvalue weighted by molar-refractivity contribution is -0.116. The Kier molecular flexibility index (Phi) is 5.63. The Morgan fingerprint density at radius 2 is 1.59 bits per heavy atom. The highest BCUT2D eigenvalue weighted by Crippen LogP contribution is 2.48. The van der Waals surface area contributed by atoms with Crippen molar-refractivity contribution in [1.82, 2.24) is 9.55 Å². The Morgan fingerprint density at radius 3 is 2.27 bits per heavy atom. The van der Waals surface area contributed by atoms with Crippen LogP contribution in [0.4, 0.5) is 5.95 Å². The number of para-hydroxylation sites is 2. The third-order valence-electron chi connectivity index (χ3n) is 7.45. The van der Waals surface area contributed by atoms with Gasteiger partial charge in [-0.05, 0) is 54.7 Å². The van der Waals surface area contributed by atoms with Gasteiger partial charge >= 0.3 is 0 Å². The number of ketones is 1. The van der Waals surface area contributed by atoms with E-state index in [9.17, 15) is 4.79 Å². The van der Waals surface area contributed by atoms with Crippen molar-refractivity contribution in [2.75, 3.05) is 26.6 Å². The number of anilines is 1. The molecule has 0 amide bonds. The van der Waals surface area contributed by atoms with Gasteiger partial charge in [-0.25, -0.2) is 4.98 Å². The number of Topliss-reactive ketones (excluding diaryl/α,β-unsaturated/α-hetero) is 1. The molecule has 3 aromatic carbocycles. The molecule has 0 saturated carbocycles. The van der Waals surface area contributed by atoms with Gasteiger partial charge in [0, 0.05) is 17.7 Å². The summed E-state index contributed by atoms with van der Waals surface area (Å²) in [5.74, 6) is 2.56. The van der Waals surface area contributed by atoms with Crippen LogP contribution < -0.4 is 19.5 Å². The van der Waals surface area contributed by atoms with Crippen LogP contribution in [0.2, 0.25) is 0 Å². The lowest BCUT2D eigenvalue weighted by Crippen LogP contribution is -2.33. The minimum atomic E-state index is -0.390. The number of aryl methyl sites for hydroxylation is 1. The predicted octanol–water partition coefficient (Wildman–Crippen LogP) is 5.79. The van der Waals surface area contributed by atoms with Crippen molar-refractivity contribution in [3.8, 4) is 17.2 Å². The first-order valence-electron chi connectivity index (χ1n) is 12.4. The van der Waals surface area contributed by atoms with Gasteiger partial charge in [0.2, 0.25) is 11.7 Å². The number of allylic oxidation sites excluding steroid dienone is 2. The first-order valence-corrected chi connectivity index (χ1v) is 12.4. The zero-order chi connectivity index (χ0) is 25.7. The molecular formula is C30H29N3O4. The smallest absolute Gasteiger partial charge is 0.209 e. The van der Waals surface area contributed by atoms with Crippen molar-refractivity contribution in [1.29, 1.82) is 0 Å². The predicted molar refractivity (Wildman–Crippen MR) is 143 cm³/mol. The Labute approximate surface area is 215 Å². The number of carbonyl (C=O) groups excluding carboxylic acids is 1. The second kappa shape index (κ2) is 9.00. The minimum absolute atomic E-state index is 0.107. The Bertz CT molecular complexity index is 1530. The van der Waals surface area contributed by atoms with E-state index in [1.54, 1.807) is 21.3 Å². The van der Waals surface area contributed by atoms with Crippen LogP contribution in [-0.2, 0) is 4.79 Å². The van der Waals surface area contributed by atoms with Crippen molar-refractivity contribution in [2.24, 2.45) is 0 Å². The van der Waals surface area contributed by atoms with Crippen molar-refractivity contribution in [2.45, 2.75) is 31.7 Å². The fraction of sp³-hybridized carbons (Fsp3) is 0.267. The van der Waals surface area contributed by atoms with E-state index in [1.165, 1.54) is 11.1 Å². The Morgan fingerprint density at radius 1 is 0.892 bits per heavy atom. The molecule has 1 N–H and O–H groups in total. The summed E-state index contributed by atoms with van der Waals surface area (Å²) in [5.41, 5.74) is 6.74. The van der Waals surface area contributed by atoms with Crippen molar-refractivity contribution >= 4 is 22.8 Å². The number of hydrogen-bond acceptors (Lipinski definition) is 6. The molecule has 2 heterocycles. The molecule has 0 unspecified atom stereocenters. The first-order chi connectivity index (χ1) is 18.0. The molecule has 0 spiro atoms. The average Bonchev–Trinajstić information content (AvgIpc) is 3.29. The van der Waals surface area contributed by atoms with Crippen molar-refractivity contribution in [3.05, 3.63) is 88.6 Å². The molecule has 2 atom stereocenters. The fourth-order valence-corrected chi connectivity index (χ4v) is 5.67. The average molecular weight is 496 g/mol. The van der Waals surface area contributed by atoms with Crippen LogP contribution in [0.3, 0.4) is 0 Å². The molecule has 1 aliphatic heterocycles. The normalized spacial score (nSPS) is 18.8. The van der Waals surface area contributed by atoms with Gasteiger partial charge in [-0.15, -0.1) is 0 Å². The van der Waals surface area contributed by atoms with Crippen LogP contribution in [0.1, 0.15) is 41.5 Å². The maximum absolute atomic E-state index is 13.9. The van der Waals surface area contributed by atoms with E-state index in [4.69, 9.17) is 19.2 Å². The van der Waals surface area contributed by atoms with Crippen molar-refractivity contribution in [3.63, 3.8) is 0 Å². The van der Waals surface area contributed by atoms with Crippen LogP contribution in [0.25, 0.3) is 11.0 Å². The number of fused-ring (bicyclic) bond motifs is 3. The highest BCUT2D eigenvalue weighted by Gasteiger charge is 2.40. The standard InChI is InChI=1S/C30H29N3O4/c1-17-9-11-18(12-10-17)19-13-22-27(24(34)14-19)28(20-15-25(35-2)29(37-4)26(16-20)36-3)33-23-8-6-5-7-21(23)31-30(33)32-22/h5-12,15-16,19,28H,13-14H2,1-4H3,(H,31,32)/t19-,28-/m0/s1. The summed E-state index contributed by atoms with van der Waals surface area (Å²) in [4.78, 5) is 18.8. The number of hydrogen-bond donors (Lipinski definition) is 1. The van der Waals surface area contributed by atoms with Gasteiger partial charge in [0.05, 0.1) is 38.4 Å². The number of aromatic nitrogens is 2. The van der Waals surface area contributed by atoms with E-state index in [1.807, 2.05) is 36.4 Å². The summed E-state index contributed by atoms with van der Waals surface area (Å²) in [6.45, 7) is 2.08. The van der Waals surface area contributed by atoms with E-state index in [0.717, 1.165) is 40.2 Å². The molecule has 1 aromatic heterocycles. The molecule has 0 bridgehead atoms. The monoisotopic (exact) mass is 495 g/mol. The van der Waals surface area contributed by atoms with Crippen LogP contribution >= 0.6 is 0 Å². The topological polar surface area (TPSA) is 74.6 Å². The molecule has 0 fully saturated rings. The van der Waals surface area contributed by atoms with Gasteiger partial charge in [0.25, 0.3) is 0 Å². The lowest BCUT2D eigenvalue weighted by Gasteiger charge is -2.36. The molecule has 7 nitrogen and oxygen atoms in total. The molecule has 4 aromatic rings. The SMILES string of the molecule is COc1cc([C@H]2C3=C(C[C@H](c4ccc(C)cc4)CC3=O)Nc3nc4ccccc4n32)cc(OC)c1OC. The van der Waals surface area contributed by atoms with E-state index in [0.29, 0.717) is 23.7 Å². The first kappa shape index (κ1) is 23.2. The molecule has 2 aliphatic rings. The third kappa shape index (κ3) is 3.73. The van der Waals surface area contributed by atoms with E-state index >= 15 is 0 Å². The Hall–Kier alpha value is -4.26. The number of ether oxygens (including phenoxy) is 3. The Balaban J connectivity index is 1.55. The van der Waals surface area contributed by atoms with E-state index in [2.05, 4.69) is 41.1 Å². The quantitative estimate of drug-likeness (QED) is 0.378. The van der Waals surface area contributed by atoms with Crippen LogP contribution in [0.15, 0.2) is 71.9 Å².